The molecule has 22 heavy (non-hydrogen) atoms. The second kappa shape index (κ2) is 6.17. The minimum absolute atomic E-state index is 0.0561. The molecule has 0 amide bonds. The Hall–Kier alpha value is -3.02. The molecule has 3 rings (SSSR count). The van der Waals surface area contributed by atoms with Crippen LogP contribution in [0.15, 0.2) is 69.9 Å². The van der Waals surface area contributed by atoms with Gasteiger partial charge in [-0.15, -0.1) is 0 Å². The number of nitrogens with zero attached hydrogens (tertiary/aromatic N) is 2. The topological polar surface area (TPSA) is 72.7 Å². The van der Waals surface area contributed by atoms with Gasteiger partial charge >= 0.3 is 0 Å². The minimum atomic E-state index is -0.382. The predicted molar refractivity (Wildman–Crippen MR) is 80.4 cm³/mol. The standard InChI is InChI=1S/C16H14N2O4/c19-18(20)16-8-2-1-7-15(16)17(11-13-5-3-9-21-13)12-14-6-4-10-22-14/h1-10H,11-12H2. The number of furan rings is 2. The Labute approximate surface area is 126 Å². The van der Waals surface area contributed by atoms with Crippen molar-refractivity contribution in [3.63, 3.8) is 0 Å². The van der Waals surface area contributed by atoms with E-state index in [1.807, 2.05) is 17.0 Å². The number of hydrogen-bond donors (Lipinski definition) is 0. The lowest BCUT2D eigenvalue weighted by molar-refractivity contribution is -0.384. The van der Waals surface area contributed by atoms with Crippen LogP contribution in [0.2, 0.25) is 0 Å². The molecule has 0 unspecified atom stereocenters. The summed E-state index contributed by atoms with van der Waals surface area (Å²) in [5.74, 6) is 1.45. The fourth-order valence-electron chi connectivity index (χ4n) is 2.29. The monoisotopic (exact) mass is 298 g/mol. The number of benzene rings is 1. The average molecular weight is 298 g/mol. The van der Waals surface area contributed by atoms with Gasteiger partial charge in [-0.1, -0.05) is 12.1 Å². The summed E-state index contributed by atoms with van der Waals surface area (Å²) in [5.41, 5.74) is 0.584. The molecule has 3 aromatic rings. The molecule has 0 saturated carbocycles. The van der Waals surface area contributed by atoms with E-state index in [1.165, 1.54) is 6.07 Å². The van der Waals surface area contributed by atoms with Crippen LogP contribution in [-0.4, -0.2) is 4.92 Å². The molecule has 6 nitrogen and oxygen atoms in total. The summed E-state index contributed by atoms with van der Waals surface area (Å²) in [6.07, 6.45) is 3.17. The van der Waals surface area contributed by atoms with Gasteiger partial charge in [0.15, 0.2) is 0 Å². The van der Waals surface area contributed by atoms with Crippen molar-refractivity contribution < 1.29 is 13.8 Å². The lowest BCUT2D eigenvalue weighted by atomic mass is 10.2. The molecule has 2 heterocycles. The zero-order valence-electron chi connectivity index (χ0n) is 11.7. The van der Waals surface area contributed by atoms with E-state index in [9.17, 15) is 10.1 Å². The zero-order valence-corrected chi connectivity index (χ0v) is 11.7. The number of anilines is 1. The minimum Gasteiger partial charge on any atom is -0.467 e. The first-order valence-corrected chi connectivity index (χ1v) is 6.77. The van der Waals surface area contributed by atoms with Crippen molar-refractivity contribution in [1.29, 1.82) is 0 Å². The Balaban J connectivity index is 1.95. The van der Waals surface area contributed by atoms with Crippen molar-refractivity contribution in [2.75, 3.05) is 4.90 Å². The molecule has 0 radical (unpaired) electrons. The fraction of sp³-hybridized carbons (Fsp3) is 0.125. The van der Waals surface area contributed by atoms with Crippen LogP contribution < -0.4 is 4.90 Å². The summed E-state index contributed by atoms with van der Waals surface area (Å²) < 4.78 is 10.7. The van der Waals surface area contributed by atoms with Crippen molar-refractivity contribution in [2.45, 2.75) is 13.1 Å². The maximum Gasteiger partial charge on any atom is 0.292 e. The molecular formula is C16H14N2O4. The molecule has 0 N–H and O–H groups in total. The maximum absolute atomic E-state index is 11.3. The molecular weight excluding hydrogens is 284 g/mol. The van der Waals surface area contributed by atoms with Crippen molar-refractivity contribution in [3.8, 4) is 0 Å². The van der Waals surface area contributed by atoms with E-state index in [0.29, 0.717) is 18.8 Å². The van der Waals surface area contributed by atoms with Crippen LogP contribution in [0.1, 0.15) is 11.5 Å². The van der Waals surface area contributed by atoms with Crippen molar-refractivity contribution in [2.24, 2.45) is 0 Å². The number of hydrogen-bond acceptors (Lipinski definition) is 5. The lowest BCUT2D eigenvalue weighted by Gasteiger charge is -2.22. The summed E-state index contributed by atoms with van der Waals surface area (Å²) in [6.45, 7) is 0.830. The zero-order chi connectivity index (χ0) is 15.4. The summed E-state index contributed by atoms with van der Waals surface area (Å²) in [4.78, 5) is 12.7. The van der Waals surface area contributed by atoms with Gasteiger partial charge in [0.1, 0.15) is 17.2 Å². The number of para-hydroxylation sites is 2. The highest BCUT2D eigenvalue weighted by atomic mass is 16.6. The van der Waals surface area contributed by atoms with Gasteiger partial charge < -0.3 is 13.7 Å². The molecule has 112 valence electrons. The van der Waals surface area contributed by atoms with Crippen LogP contribution in [0.4, 0.5) is 11.4 Å². The van der Waals surface area contributed by atoms with Crippen molar-refractivity contribution in [3.05, 3.63) is 82.7 Å². The van der Waals surface area contributed by atoms with E-state index in [2.05, 4.69) is 0 Å². The molecule has 0 spiro atoms. The van der Waals surface area contributed by atoms with Gasteiger partial charge in [0.2, 0.25) is 0 Å². The number of rotatable bonds is 6. The van der Waals surface area contributed by atoms with E-state index in [4.69, 9.17) is 8.83 Å². The highest BCUT2D eigenvalue weighted by Gasteiger charge is 2.20. The van der Waals surface area contributed by atoms with Crippen molar-refractivity contribution in [1.82, 2.24) is 0 Å². The lowest BCUT2D eigenvalue weighted by Crippen LogP contribution is -2.22. The number of nitro benzene ring substituents is 1. The van der Waals surface area contributed by atoms with E-state index in [1.54, 1.807) is 42.9 Å². The molecule has 0 aliphatic carbocycles. The summed E-state index contributed by atoms with van der Waals surface area (Å²) in [5, 5.41) is 11.3. The maximum atomic E-state index is 11.3. The van der Waals surface area contributed by atoms with Crippen LogP contribution >= 0.6 is 0 Å². The number of nitro groups is 1. The van der Waals surface area contributed by atoms with E-state index in [-0.39, 0.29) is 10.6 Å². The molecule has 0 aliphatic rings. The van der Waals surface area contributed by atoms with Gasteiger partial charge in [0.05, 0.1) is 30.5 Å². The average Bonchev–Trinajstić information content (AvgIpc) is 3.20. The Morgan fingerprint density at radius 2 is 1.50 bits per heavy atom. The smallest absolute Gasteiger partial charge is 0.292 e. The first-order chi connectivity index (χ1) is 10.7. The van der Waals surface area contributed by atoms with E-state index < -0.39 is 0 Å². The summed E-state index contributed by atoms with van der Waals surface area (Å²) in [7, 11) is 0. The van der Waals surface area contributed by atoms with Crippen LogP contribution in [-0.2, 0) is 13.1 Å². The summed E-state index contributed by atoms with van der Waals surface area (Å²) in [6, 6.07) is 13.9. The third-order valence-electron chi connectivity index (χ3n) is 3.27. The SMILES string of the molecule is O=[N+]([O-])c1ccccc1N(Cc1ccco1)Cc1ccco1. The Morgan fingerprint density at radius 1 is 0.909 bits per heavy atom. The van der Waals surface area contributed by atoms with E-state index >= 15 is 0 Å². The van der Waals surface area contributed by atoms with Gasteiger partial charge in [-0.2, -0.15) is 0 Å². The highest BCUT2D eigenvalue weighted by molar-refractivity contribution is 5.63. The molecule has 6 heteroatoms. The fourth-order valence-corrected chi connectivity index (χ4v) is 2.29. The molecule has 0 fully saturated rings. The van der Waals surface area contributed by atoms with Crippen LogP contribution in [0, 0.1) is 10.1 Å². The molecule has 2 aromatic heterocycles. The molecule has 0 aliphatic heterocycles. The summed E-state index contributed by atoms with van der Waals surface area (Å²) >= 11 is 0. The van der Waals surface area contributed by atoms with Crippen LogP contribution in [0.25, 0.3) is 0 Å². The molecule has 0 atom stereocenters. The molecule has 0 bridgehead atoms. The largest absolute Gasteiger partial charge is 0.467 e. The van der Waals surface area contributed by atoms with Gasteiger partial charge in [-0.25, -0.2) is 0 Å². The predicted octanol–water partition coefficient (Wildman–Crippen LogP) is 3.99. The van der Waals surface area contributed by atoms with Crippen molar-refractivity contribution >= 4 is 11.4 Å². The third-order valence-corrected chi connectivity index (χ3v) is 3.27. The Kier molecular flexibility index (Phi) is 3.91. The van der Waals surface area contributed by atoms with E-state index in [0.717, 1.165) is 11.5 Å². The first-order valence-electron chi connectivity index (χ1n) is 6.77. The highest BCUT2D eigenvalue weighted by Crippen LogP contribution is 2.30. The first kappa shape index (κ1) is 13.9. The Morgan fingerprint density at radius 3 is 2.00 bits per heavy atom. The molecule has 0 saturated heterocycles. The molecule has 1 aromatic carbocycles. The van der Waals surface area contributed by atoms with Crippen LogP contribution in [0.5, 0.6) is 0 Å². The van der Waals surface area contributed by atoms with Gasteiger partial charge in [0, 0.05) is 6.07 Å². The van der Waals surface area contributed by atoms with Gasteiger partial charge in [-0.05, 0) is 30.3 Å². The third kappa shape index (κ3) is 3.01. The van der Waals surface area contributed by atoms with Crippen LogP contribution in [0.3, 0.4) is 0 Å². The normalized spacial score (nSPS) is 10.5. The second-order valence-corrected chi connectivity index (χ2v) is 4.76. The Bertz CT molecular complexity index is 699. The van der Waals surface area contributed by atoms with Gasteiger partial charge in [-0.3, -0.25) is 10.1 Å². The van der Waals surface area contributed by atoms with Gasteiger partial charge in [0.25, 0.3) is 5.69 Å². The second-order valence-electron chi connectivity index (χ2n) is 4.76. The quantitative estimate of drug-likeness (QED) is 0.508.